The summed E-state index contributed by atoms with van der Waals surface area (Å²) >= 11 is 0. The summed E-state index contributed by atoms with van der Waals surface area (Å²) in [6.07, 6.45) is -1.94. The van der Waals surface area contributed by atoms with Crippen LogP contribution < -0.4 is 11.2 Å². The van der Waals surface area contributed by atoms with Crippen LogP contribution in [0.3, 0.4) is 0 Å². The third-order valence-electron chi connectivity index (χ3n) is 5.38. The fourth-order valence-electron chi connectivity index (χ4n) is 3.67. The minimum atomic E-state index is -1.35. The highest BCUT2D eigenvalue weighted by Gasteiger charge is 2.37. The fourth-order valence-corrected chi connectivity index (χ4v) is 3.67. The number of carbonyl (C=O) groups excluding carboxylic acids is 1. The van der Waals surface area contributed by atoms with Gasteiger partial charge in [0.25, 0.3) is 11.5 Å². The lowest BCUT2D eigenvalue weighted by Crippen LogP contribution is -2.45. The summed E-state index contributed by atoms with van der Waals surface area (Å²) < 4.78 is 27.7. The van der Waals surface area contributed by atoms with Crippen LogP contribution in [0.1, 0.15) is 34.1 Å². The van der Waals surface area contributed by atoms with Crippen molar-refractivity contribution in [2.24, 2.45) is 0 Å². The van der Waals surface area contributed by atoms with Gasteiger partial charge in [-0.15, -0.1) is 0 Å². The molecule has 1 aliphatic heterocycles. The Hall–Kier alpha value is -3.36. The first-order valence-electron chi connectivity index (χ1n) is 10.3. The van der Waals surface area contributed by atoms with Gasteiger partial charge in [0.05, 0.1) is 13.2 Å². The Bertz CT molecular complexity index is 1210. The molecular formula is C24H23FN2O5. The topological polar surface area (TPSA) is 79.5 Å². The lowest BCUT2D eigenvalue weighted by Gasteiger charge is -2.18. The van der Waals surface area contributed by atoms with Gasteiger partial charge in [-0.25, -0.2) is 9.18 Å². The number of ether oxygens (including phenoxy) is 2. The monoisotopic (exact) mass is 438 g/mol. The van der Waals surface area contributed by atoms with E-state index in [1.54, 1.807) is 18.2 Å². The van der Waals surface area contributed by atoms with Gasteiger partial charge in [0.1, 0.15) is 18.5 Å². The van der Waals surface area contributed by atoms with Crippen LogP contribution in [0.5, 0.6) is 0 Å². The van der Waals surface area contributed by atoms with Gasteiger partial charge >= 0.3 is 5.69 Å². The molecule has 2 heterocycles. The number of rotatable bonds is 6. The number of carbonyl (C=O) groups is 1. The first-order chi connectivity index (χ1) is 15.5. The van der Waals surface area contributed by atoms with E-state index < -0.39 is 35.7 Å². The minimum Gasteiger partial charge on any atom is -0.374 e. The third-order valence-corrected chi connectivity index (χ3v) is 5.38. The second kappa shape index (κ2) is 9.42. The van der Waals surface area contributed by atoms with Crippen molar-refractivity contribution in [3.8, 4) is 0 Å². The Kier molecular flexibility index (Phi) is 6.43. The number of aromatic nitrogens is 2. The molecule has 166 valence electrons. The van der Waals surface area contributed by atoms with Crippen LogP contribution in [0.15, 0.2) is 76.4 Å². The zero-order chi connectivity index (χ0) is 22.7. The van der Waals surface area contributed by atoms with Crippen molar-refractivity contribution < 1.29 is 18.7 Å². The van der Waals surface area contributed by atoms with Crippen molar-refractivity contribution in [1.29, 1.82) is 0 Å². The highest BCUT2D eigenvalue weighted by Crippen LogP contribution is 2.30. The molecule has 32 heavy (non-hydrogen) atoms. The van der Waals surface area contributed by atoms with E-state index in [0.29, 0.717) is 11.2 Å². The molecule has 3 atom stereocenters. The Morgan fingerprint density at radius 2 is 1.75 bits per heavy atom. The highest BCUT2D eigenvalue weighted by molar-refractivity contribution is 5.95. The van der Waals surface area contributed by atoms with Crippen LogP contribution in [0.2, 0.25) is 0 Å². The van der Waals surface area contributed by atoms with Gasteiger partial charge in [0, 0.05) is 23.7 Å². The maximum absolute atomic E-state index is 14.6. The lowest BCUT2D eigenvalue weighted by atomic mass is 10.2. The third kappa shape index (κ3) is 4.46. The van der Waals surface area contributed by atoms with Gasteiger partial charge < -0.3 is 9.47 Å². The molecule has 0 bridgehead atoms. The van der Waals surface area contributed by atoms with Gasteiger partial charge in [-0.1, -0.05) is 48.5 Å². The van der Waals surface area contributed by atoms with E-state index in [0.717, 1.165) is 10.1 Å². The van der Waals surface area contributed by atoms with Crippen molar-refractivity contribution in [3.63, 3.8) is 0 Å². The lowest BCUT2D eigenvalue weighted by molar-refractivity contribution is -0.0575. The summed E-state index contributed by atoms with van der Waals surface area (Å²) in [5.41, 5.74) is -0.241. The summed E-state index contributed by atoms with van der Waals surface area (Å²) in [5, 5.41) is 0. The number of nitrogens with zero attached hydrogens (tertiary/aromatic N) is 2. The van der Waals surface area contributed by atoms with E-state index >= 15 is 0 Å². The number of alkyl halides is 1. The second-order valence-electron chi connectivity index (χ2n) is 7.70. The molecule has 4 rings (SSSR count). The zero-order valence-electron chi connectivity index (χ0n) is 17.5. The second-order valence-corrected chi connectivity index (χ2v) is 7.70. The van der Waals surface area contributed by atoms with Crippen molar-refractivity contribution in [1.82, 2.24) is 9.13 Å². The van der Waals surface area contributed by atoms with Gasteiger partial charge in [0.15, 0.2) is 0 Å². The predicted molar refractivity (Wildman–Crippen MR) is 115 cm³/mol. The largest absolute Gasteiger partial charge is 0.374 e. The molecule has 1 fully saturated rings. The van der Waals surface area contributed by atoms with E-state index in [9.17, 15) is 18.8 Å². The number of hydrogen-bond donors (Lipinski definition) is 0. The van der Waals surface area contributed by atoms with E-state index in [-0.39, 0.29) is 24.2 Å². The van der Waals surface area contributed by atoms with Gasteiger partial charge in [-0.05, 0) is 24.6 Å². The van der Waals surface area contributed by atoms with E-state index in [1.165, 1.54) is 25.3 Å². The molecule has 0 N–H and O–H groups in total. The molecule has 0 spiro atoms. The number of aryl methyl sites for hydroxylation is 1. The van der Waals surface area contributed by atoms with Gasteiger partial charge in [-0.3, -0.25) is 14.2 Å². The van der Waals surface area contributed by atoms with Crippen molar-refractivity contribution >= 4 is 5.91 Å². The average Bonchev–Trinajstić information content (AvgIpc) is 3.17. The highest BCUT2D eigenvalue weighted by atomic mass is 19.1. The van der Waals surface area contributed by atoms with Crippen molar-refractivity contribution in [2.45, 2.75) is 38.5 Å². The molecule has 0 amide bonds. The molecule has 8 heteroatoms. The number of halogens is 1. The molecular weight excluding hydrogens is 415 g/mol. The standard InChI is InChI=1S/C24H23FN2O5/c1-16-13-26(24(30)27(22(16)28)23(29)18-10-6-3-7-11-18)21-12-19(25)20(32-21)15-31-14-17-8-4-2-5-9-17/h2-11,13,19-21H,12,14-15H2,1H3/t19-,20+,21?/m0/s1. The molecule has 3 aromatic rings. The average molecular weight is 438 g/mol. The van der Waals surface area contributed by atoms with Crippen molar-refractivity contribution in [3.05, 3.63) is 104 Å². The van der Waals surface area contributed by atoms with E-state index in [1.807, 2.05) is 30.3 Å². The zero-order valence-corrected chi connectivity index (χ0v) is 17.5. The van der Waals surface area contributed by atoms with Crippen LogP contribution >= 0.6 is 0 Å². The molecule has 0 aliphatic carbocycles. The molecule has 1 saturated heterocycles. The Labute approximate surface area is 183 Å². The summed E-state index contributed by atoms with van der Waals surface area (Å²) in [7, 11) is 0. The normalized spacial score (nSPS) is 20.4. The molecule has 1 unspecified atom stereocenters. The predicted octanol–water partition coefficient (Wildman–Crippen LogP) is 2.85. The minimum absolute atomic E-state index is 0.0167. The maximum atomic E-state index is 14.6. The smallest absolute Gasteiger partial charge is 0.340 e. The van der Waals surface area contributed by atoms with Crippen LogP contribution in [-0.4, -0.2) is 33.9 Å². The summed E-state index contributed by atoms with van der Waals surface area (Å²) in [6.45, 7) is 1.83. The maximum Gasteiger partial charge on any atom is 0.340 e. The Morgan fingerprint density at radius 1 is 1.09 bits per heavy atom. The Balaban J connectivity index is 1.53. The van der Waals surface area contributed by atoms with E-state index in [2.05, 4.69) is 0 Å². The molecule has 7 nitrogen and oxygen atoms in total. The SMILES string of the molecule is Cc1cn(C2C[C@H](F)[C@@H](COCc3ccccc3)O2)c(=O)n(C(=O)c2ccccc2)c1=O. The molecule has 2 aromatic carbocycles. The Morgan fingerprint density at radius 3 is 2.44 bits per heavy atom. The van der Waals surface area contributed by atoms with E-state index in [4.69, 9.17) is 9.47 Å². The molecule has 1 aromatic heterocycles. The van der Waals surface area contributed by atoms with Gasteiger partial charge in [-0.2, -0.15) is 4.57 Å². The summed E-state index contributed by atoms with van der Waals surface area (Å²) in [4.78, 5) is 38.4. The molecule has 1 aliphatic rings. The molecule has 0 radical (unpaired) electrons. The van der Waals surface area contributed by atoms with Crippen LogP contribution in [0.25, 0.3) is 0 Å². The number of hydrogen-bond acceptors (Lipinski definition) is 5. The molecule has 0 saturated carbocycles. The van der Waals surface area contributed by atoms with Crippen LogP contribution in [-0.2, 0) is 16.1 Å². The number of benzene rings is 2. The van der Waals surface area contributed by atoms with Crippen LogP contribution in [0, 0.1) is 6.92 Å². The van der Waals surface area contributed by atoms with Crippen LogP contribution in [0.4, 0.5) is 4.39 Å². The summed E-state index contributed by atoms with van der Waals surface area (Å²) in [5.74, 6) is -0.740. The van der Waals surface area contributed by atoms with Crippen molar-refractivity contribution in [2.75, 3.05) is 6.61 Å². The quantitative estimate of drug-likeness (QED) is 0.591. The summed E-state index contributed by atoms with van der Waals surface area (Å²) in [6, 6.07) is 17.5. The first kappa shape index (κ1) is 21.9. The first-order valence-corrected chi connectivity index (χ1v) is 10.3. The fraction of sp³-hybridized carbons (Fsp3) is 0.292. The van der Waals surface area contributed by atoms with Gasteiger partial charge in [0.2, 0.25) is 0 Å².